The predicted molar refractivity (Wildman–Crippen MR) is 66.0 cm³/mol. The van der Waals surface area contributed by atoms with E-state index in [1.54, 1.807) is 6.92 Å². The molecule has 0 saturated carbocycles. The van der Waals surface area contributed by atoms with Crippen molar-refractivity contribution in [2.24, 2.45) is 0 Å². The van der Waals surface area contributed by atoms with Gasteiger partial charge in [0, 0.05) is 19.2 Å². The smallest absolute Gasteiger partial charge is 0.329 e. The van der Waals surface area contributed by atoms with Crippen LogP contribution in [-0.2, 0) is 9.53 Å². The third-order valence-electron chi connectivity index (χ3n) is 3.10. The molecule has 1 aromatic heterocycles. The Hall–Kier alpha value is -2.06. The van der Waals surface area contributed by atoms with Crippen LogP contribution in [0.3, 0.4) is 0 Å². The Morgan fingerprint density at radius 3 is 2.70 bits per heavy atom. The highest BCUT2D eigenvalue weighted by atomic mass is 16.5. The summed E-state index contributed by atoms with van der Waals surface area (Å²) in [5.74, 6) is -2.03. The van der Waals surface area contributed by atoms with Crippen molar-refractivity contribution in [3.8, 4) is 0 Å². The summed E-state index contributed by atoms with van der Waals surface area (Å²) in [5, 5.41) is 21.6. The molecule has 1 aliphatic rings. The monoisotopic (exact) mass is 281 g/mol. The molecule has 2 heterocycles. The first-order valence-electron chi connectivity index (χ1n) is 6.05. The van der Waals surface area contributed by atoms with E-state index >= 15 is 0 Å². The van der Waals surface area contributed by atoms with Crippen LogP contribution in [0.4, 0.5) is 0 Å². The van der Waals surface area contributed by atoms with E-state index < -0.39 is 23.5 Å². The van der Waals surface area contributed by atoms with Crippen molar-refractivity contribution in [2.75, 3.05) is 13.2 Å². The molecule has 1 fully saturated rings. The van der Waals surface area contributed by atoms with E-state index in [0.717, 1.165) is 0 Å². The predicted octanol–water partition coefficient (Wildman–Crippen LogP) is -0.881. The number of carbonyl (C=O) groups excluding carboxylic acids is 1. The lowest BCUT2D eigenvalue weighted by Crippen LogP contribution is -2.57. The summed E-state index contributed by atoms with van der Waals surface area (Å²) in [5.41, 5.74) is -0.983. The molecule has 0 unspecified atom stereocenters. The van der Waals surface area contributed by atoms with E-state index in [1.807, 2.05) is 0 Å². The summed E-state index contributed by atoms with van der Waals surface area (Å²) < 4.78 is 5.00. The van der Waals surface area contributed by atoms with Gasteiger partial charge in [0.05, 0.1) is 18.5 Å². The number of hydrogen-bond acceptors (Lipinski definition) is 6. The first-order valence-corrected chi connectivity index (χ1v) is 6.05. The van der Waals surface area contributed by atoms with Gasteiger partial charge in [-0.1, -0.05) is 0 Å². The molecule has 1 aromatic rings. The van der Waals surface area contributed by atoms with Crippen LogP contribution in [0.15, 0.2) is 12.4 Å². The number of aromatic nitrogens is 2. The van der Waals surface area contributed by atoms with Gasteiger partial charge in [0.25, 0.3) is 5.91 Å². The minimum absolute atomic E-state index is 0.00985. The lowest BCUT2D eigenvalue weighted by Gasteiger charge is -2.28. The van der Waals surface area contributed by atoms with Crippen LogP contribution in [0.5, 0.6) is 0 Å². The van der Waals surface area contributed by atoms with E-state index in [2.05, 4.69) is 15.3 Å². The van der Waals surface area contributed by atoms with Crippen molar-refractivity contribution in [1.29, 1.82) is 0 Å². The summed E-state index contributed by atoms with van der Waals surface area (Å²) in [6.07, 6.45) is 2.79. The second-order valence-corrected chi connectivity index (χ2v) is 4.69. The average Bonchev–Trinajstić information content (AvgIpc) is 2.84. The maximum absolute atomic E-state index is 11.9. The van der Waals surface area contributed by atoms with E-state index in [-0.39, 0.29) is 25.3 Å². The molecule has 1 amide bonds. The van der Waals surface area contributed by atoms with E-state index in [1.165, 1.54) is 12.4 Å². The van der Waals surface area contributed by atoms with Crippen LogP contribution in [0.2, 0.25) is 0 Å². The molecule has 0 bridgehead atoms. The number of nitrogens with zero attached hydrogens (tertiary/aromatic N) is 2. The third kappa shape index (κ3) is 2.91. The van der Waals surface area contributed by atoms with Crippen molar-refractivity contribution in [2.45, 2.75) is 25.0 Å². The van der Waals surface area contributed by atoms with Gasteiger partial charge in [-0.2, -0.15) is 0 Å². The van der Waals surface area contributed by atoms with Gasteiger partial charge in [-0.3, -0.25) is 9.78 Å². The van der Waals surface area contributed by atoms with Gasteiger partial charge < -0.3 is 20.3 Å². The number of rotatable bonds is 4. The standard InChI is InChI=1S/C12H15N3O5/c1-7-4-14-8(5-13-7)10(16)15-9(11(17)18)12(19)2-3-20-6-12/h4-5,9,19H,2-3,6H2,1H3,(H,15,16)(H,17,18)/t9-,12+/m1/s1. The van der Waals surface area contributed by atoms with Crippen LogP contribution in [0.25, 0.3) is 0 Å². The SMILES string of the molecule is Cc1cnc(C(=O)N[C@H](C(=O)O)[C@]2(O)CCOC2)cn1. The molecule has 3 N–H and O–H groups in total. The maximum Gasteiger partial charge on any atom is 0.329 e. The Morgan fingerprint density at radius 2 is 2.20 bits per heavy atom. The topological polar surface area (TPSA) is 122 Å². The number of hydrogen-bond donors (Lipinski definition) is 3. The lowest BCUT2D eigenvalue weighted by molar-refractivity contribution is -0.146. The van der Waals surface area contributed by atoms with E-state index in [4.69, 9.17) is 4.74 Å². The van der Waals surface area contributed by atoms with E-state index in [0.29, 0.717) is 5.69 Å². The molecule has 8 heteroatoms. The fourth-order valence-corrected chi connectivity index (χ4v) is 1.94. The molecule has 1 saturated heterocycles. The fourth-order valence-electron chi connectivity index (χ4n) is 1.94. The quantitative estimate of drug-likeness (QED) is 0.655. The largest absolute Gasteiger partial charge is 0.480 e. The number of carboxylic acids is 1. The van der Waals surface area contributed by atoms with Crippen LogP contribution in [0.1, 0.15) is 22.6 Å². The van der Waals surface area contributed by atoms with Gasteiger partial charge in [0.15, 0.2) is 6.04 Å². The molecule has 1 aliphatic heterocycles. The summed E-state index contributed by atoms with van der Waals surface area (Å²) in [6.45, 7) is 1.83. The Morgan fingerprint density at radius 1 is 1.45 bits per heavy atom. The van der Waals surface area contributed by atoms with Crippen LogP contribution in [-0.4, -0.2) is 56.9 Å². The minimum atomic E-state index is -1.61. The first kappa shape index (κ1) is 14.4. The average molecular weight is 281 g/mol. The highest BCUT2D eigenvalue weighted by Gasteiger charge is 2.45. The number of aliphatic hydroxyl groups is 1. The second-order valence-electron chi connectivity index (χ2n) is 4.69. The van der Waals surface area contributed by atoms with Crippen molar-refractivity contribution >= 4 is 11.9 Å². The summed E-state index contributed by atoms with van der Waals surface area (Å²) in [4.78, 5) is 31.0. The zero-order valence-corrected chi connectivity index (χ0v) is 10.9. The number of aryl methyl sites for hydroxylation is 1. The number of aliphatic carboxylic acids is 1. The Bertz CT molecular complexity index is 510. The number of carbonyl (C=O) groups is 2. The summed E-state index contributed by atoms with van der Waals surface area (Å²) >= 11 is 0. The maximum atomic E-state index is 11.9. The molecule has 20 heavy (non-hydrogen) atoms. The molecule has 2 atom stereocenters. The second kappa shape index (κ2) is 5.51. The minimum Gasteiger partial charge on any atom is -0.480 e. The Balaban J connectivity index is 2.14. The molecule has 108 valence electrons. The van der Waals surface area contributed by atoms with Crippen molar-refractivity contribution in [3.63, 3.8) is 0 Å². The van der Waals surface area contributed by atoms with Crippen molar-refractivity contribution in [1.82, 2.24) is 15.3 Å². The first-order chi connectivity index (χ1) is 9.42. The number of carboxylic acid groups (broad SMARTS) is 1. The van der Waals surface area contributed by atoms with Crippen LogP contribution < -0.4 is 5.32 Å². The molecule has 2 rings (SSSR count). The highest BCUT2D eigenvalue weighted by Crippen LogP contribution is 2.23. The highest BCUT2D eigenvalue weighted by molar-refractivity contribution is 5.95. The molecular weight excluding hydrogens is 266 g/mol. The Labute approximate surface area is 114 Å². The van der Waals surface area contributed by atoms with Gasteiger partial charge in [-0.15, -0.1) is 0 Å². The summed E-state index contributed by atoms with van der Waals surface area (Å²) in [6, 6.07) is -1.46. The van der Waals surface area contributed by atoms with E-state index in [9.17, 15) is 19.8 Å². The van der Waals surface area contributed by atoms with Gasteiger partial charge in [-0.05, 0) is 6.92 Å². The normalized spacial score (nSPS) is 23.3. The third-order valence-corrected chi connectivity index (χ3v) is 3.10. The molecule has 0 radical (unpaired) electrons. The number of amides is 1. The fraction of sp³-hybridized carbons (Fsp3) is 0.500. The molecule has 0 aromatic carbocycles. The zero-order valence-electron chi connectivity index (χ0n) is 10.9. The van der Waals surface area contributed by atoms with Crippen LogP contribution in [0, 0.1) is 6.92 Å². The lowest BCUT2D eigenvalue weighted by atomic mass is 9.93. The Kier molecular flexibility index (Phi) is 3.96. The van der Waals surface area contributed by atoms with Gasteiger partial charge in [-0.25, -0.2) is 9.78 Å². The van der Waals surface area contributed by atoms with Gasteiger partial charge in [0.1, 0.15) is 11.3 Å². The van der Waals surface area contributed by atoms with Gasteiger partial charge >= 0.3 is 5.97 Å². The van der Waals surface area contributed by atoms with Crippen LogP contribution >= 0.6 is 0 Å². The molecule has 0 spiro atoms. The van der Waals surface area contributed by atoms with Gasteiger partial charge in [0.2, 0.25) is 0 Å². The van der Waals surface area contributed by atoms with Crippen molar-refractivity contribution in [3.05, 3.63) is 23.8 Å². The molecule has 0 aliphatic carbocycles. The summed E-state index contributed by atoms with van der Waals surface area (Å²) in [7, 11) is 0. The number of nitrogens with one attached hydrogen (secondary N) is 1. The molecule has 8 nitrogen and oxygen atoms in total. The number of ether oxygens (including phenoxy) is 1. The van der Waals surface area contributed by atoms with Crippen molar-refractivity contribution < 1.29 is 24.5 Å². The molecular formula is C12H15N3O5. The zero-order chi connectivity index (χ0) is 14.8.